The summed E-state index contributed by atoms with van der Waals surface area (Å²) >= 11 is 2.64. The minimum atomic E-state index is -9.09. The first kappa shape index (κ1) is 10.5. The van der Waals surface area contributed by atoms with Gasteiger partial charge in [-0.1, -0.05) is 35.4 Å². The zero-order chi connectivity index (χ0) is 8.53. The van der Waals surface area contributed by atoms with Crippen LogP contribution in [0.3, 0.4) is 0 Å². The van der Waals surface area contributed by atoms with Gasteiger partial charge in [-0.2, -0.15) is 0 Å². The molecule has 0 N–H and O–H groups in total. The molecule has 0 aromatic rings. The molecule has 0 bridgehead atoms. The Kier molecular flexibility index (Phi) is 2.09. The Bertz CT molecular complexity index is 122. The van der Waals surface area contributed by atoms with E-state index in [-0.39, 0.29) is 5.33 Å². The zero-order valence-electron chi connectivity index (χ0n) is 4.80. The van der Waals surface area contributed by atoms with Crippen LogP contribution in [0.1, 0.15) is 6.42 Å². The van der Waals surface area contributed by atoms with Gasteiger partial charge in [-0.3, -0.25) is 0 Å². The monoisotopic (exact) mass is 248 g/mol. The van der Waals surface area contributed by atoms with Gasteiger partial charge in [0.2, 0.25) is 0 Å². The van der Waals surface area contributed by atoms with Crippen LogP contribution in [0, 0.1) is 0 Å². The van der Waals surface area contributed by atoms with Crippen LogP contribution in [0.4, 0.5) is 19.4 Å². The summed E-state index contributed by atoms with van der Waals surface area (Å²) in [7, 11) is -9.09. The summed E-state index contributed by atoms with van der Waals surface area (Å²) in [5, 5.41) is -0.0569. The Balaban J connectivity index is 4.13. The lowest BCUT2D eigenvalue weighted by atomic mass is 10.6. The molecule has 0 saturated heterocycles. The maximum Gasteiger partial charge on any atom is 0.285 e. The van der Waals surface area contributed by atoms with Gasteiger partial charge in [0.05, 0.1) is 5.75 Å². The number of hydrogen-bond donors (Lipinski definition) is 0. The van der Waals surface area contributed by atoms with Crippen LogP contribution in [0.2, 0.25) is 0 Å². The van der Waals surface area contributed by atoms with E-state index in [9.17, 15) is 19.4 Å². The van der Waals surface area contributed by atoms with Crippen LogP contribution in [-0.2, 0) is 0 Å². The summed E-state index contributed by atoms with van der Waals surface area (Å²) in [4.78, 5) is 0. The van der Waals surface area contributed by atoms with Crippen LogP contribution in [-0.4, -0.2) is 11.1 Å². The zero-order valence-corrected chi connectivity index (χ0v) is 7.20. The van der Waals surface area contributed by atoms with Gasteiger partial charge >= 0.3 is 0 Å². The van der Waals surface area contributed by atoms with Crippen molar-refractivity contribution in [3.8, 4) is 0 Å². The molecule has 0 unspecified atom stereocenters. The maximum absolute atomic E-state index is 11.4. The third-order valence-electron chi connectivity index (χ3n) is 0.664. The summed E-state index contributed by atoms with van der Waals surface area (Å²) < 4.78 is 56.9. The summed E-state index contributed by atoms with van der Waals surface area (Å²) in [6, 6.07) is 0. The van der Waals surface area contributed by atoms with E-state index in [0.717, 1.165) is 0 Å². The average molecular weight is 249 g/mol. The maximum atomic E-state index is 11.4. The third-order valence-corrected chi connectivity index (χ3v) is 2.28. The van der Waals surface area contributed by atoms with Gasteiger partial charge in [-0.15, -0.1) is 0 Å². The molecule has 0 fully saturated rings. The molecule has 0 saturated carbocycles. The molecule has 0 rings (SSSR count). The highest BCUT2D eigenvalue weighted by Gasteiger charge is 2.62. The van der Waals surface area contributed by atoms with Gasteiger partial charge in [-0.25, -0.2) is 0 Å². The van der Waals surface area contributed by atoms with Gasteiger partial charge in [0, 0.05) is 5.33 Å². The predicted octanol–water partition coefficient (Wildman–Crippen LogP) is 4.07. The number of alkyl halides is 1. The lowest BCUT2D eigenvalue weighted by molar-refractivity contribution is 0.363. The molecule has 0 aromatic carbocycles. The summed E-state index contributed by atoms with van der Waals surface area (Å²) in [5.74, 6) is -1.97. The van der Waals surface area contributed by atoms with Crippen LogP contribution in [0.5, 0.6) is 0 Å². The van der Waals surface area contributed by atoms with Crippen LogP contribution in [0.15, 0.2) is 0 Å². The molecule has 0 aliphatic carbocycles. The van der Waals surface area contributed by atoms with Crippen molar-refractivity contribution in [1.29, 1.82) is 0 Å². The predicted molar refractivity (Wildman–Crippen MR) is 36.4 cm³/mol. The van der Waals surface area contributed by atoms with E-state index in [4.69, 9.17) is 0 Å². The van der Waals surface area contributed by atoms with Gasteiger partial charge in [0.1, 0.15) is 0 Å². The van der Waals surface area contributed by atoms with Crippen molar-refractivity contribution in [3.63, 3.8) is 0 Å². The van der Waals surface area contributed by atoms with E-state index in [0.29, 0.717) is 0 Å². The molecule has 66 valence electrons. The smallest absolute Gasteiger partial charge is 0.0978 e. The first-order chi connectivity index (χ1) is 4.04. The molecule has 0 amide bonds. The highest BCUT2D eigenvalue weighted by atomic mass is 79.9. The lowest BCUT2D eigenvalue weighted by Gasteiger charge is -2.40. The Hall–Kier alpha value is 0.480. The summed E-state index contributed by atoms with van der Waals surface area (Å²) in [6.45, 7) is 0. The molecule has 10 heavy (non-hydrogen) atoms. The minimum Gasteiger partial charge on any atom is -0.0978 e. The van der Waals surface area contributed by atoms with Crippen LogP contribution in [0.25, 0.3) is 0 Å². The quantitative estimate of drug-likeness (QED) is 0.522. The second-order valence-corrected chi connectivity index (χ2v) is 5.33. The second kappa shape index (κ2) is 2.00. The summed E-state index contributed by atoms with van der Waals surface area (Å²) in [5.41, 5.74) is 0. The molecule has 0 aliphatic rings. The highest BCUT2D eigenvalue weighted by molar-refractivity contribution is 9.09. The largest absolute Gasteiger partial charge is 0.285 e. The first-order valence-electron chi connectivity index (χ1n) is 2.33. The van der Waals surface area contributed by atoms with Crippen molar-refractivity contribution in [1.82, 2.24) is 0 Å². The molecule has 0 aliphatic heterocycles. The molecular formula is C3H6BrF5S. The topological polar surface area (TPSA) is 0 Å². The van der Waals surface area contributed by atoms with Crippen molar-refractivity contribution < 1.29 is 19.4 Å². The van der Waals surface area contributed by atoms with Gasteiger partial charge in [0.25, 0.3) is 10.2 Å². The van der Waals surface area contributed by atoms with Crippen molar-refractivity contribution >= 4 is 26.2 Å². The van der Waals surface area contributed by atoms with Crippen molar-refractivity contribution in [2.24, 2.45) is 0 Å². The van der Waals surface area contributed by atoms with Crippen molar-refractivity contribution in [2.75, 3.05) is 11.1 Å². The van der Waals surface area contributed by atoms with Gasteiger partial charge in [-0.05, 0) is 6.42 Å². The number of hydrogen-bond acceptors (Lipinski definition) is 0. The molecular weight excluding hydrogens is 243 g/mol. The minimum absolute atomic E-state index is 0.0569. The Morgan fingerprint density at radius 2 is 1.40 bits per heavy atom. The van der Waals surface area contributed by atoms with Gasteiger partial charge in [0.15, 0.2) is 0 Å². The van der Waals surface area contributed by atoms with Crippen LogP contribution >= 0.6 is 26.2 Å². The fourth-order valence-corrected chi connectivity index (χ4v) is 1.67. The molecule has 0 aromatic heterocycles. The van der Waals surface area contributed by atoms with Gasteiger partial charge < -0.3 is 0 Å². The average Bonchev–Trinajstić information content (AvgIpc) is 1.55. The van der Waals surface area contributed by atoms with E-state index in [1.165, 1.54) is 0 Å². The Morgan fingerprint density at radius 1 is 1.00 bits per heavy atom. The van der Waals surface area contributed by atoms with E-state index < -0.39 is 22.4 Å². The van der Waals surface area contributed by atoms with E-state index in [1.54, 1.807) is 0 Å². The molecule has 0 atom stereocenters. The number of rotatable bonds is 3. The number of halogens is 6. The standard InChI is InChI=1S/C3H6BrF5S/c4-2-1-3-10(5,6,7,8)9/h1-3H2. The second-order valence-electron chi connectivity index (χ2n) is 1.88. The van der Waals surface area contributed by atoms with E-state index in [1.807, 2.05) is 0 Å². The van der Waals surface area contributed by atoms with E-state index >= 15 is 0 Å². The fraction of sp³-hybridized carbons (Fsp3) is 1.00. The first-order valence-corrected chi connectivity index (χ1v) is 5.57. The normalized spacial score (nSPS) is 19.8. The molecule has 0 nitrogen and oxygen atoms in total. The molecule has 0 heterocycles. The van der Waals surface area contributed by atoms with E-state index in [2.05, 4.69) is 15.9 Å². The Labute approximate surface area is 63.6 Å². The third kappa shape index (κ3) is 8.48. The molecule has 0 radical (unpaired) electrons. The lowest BCUT2D eigenvalue weighted by Crippen LogP contribution is -2.11. The fourth-order valence-electron chi connectivity index (χ4n) is 0.327. The van der Waals surface area contributed by atoms with Crippen molar-refractivity contribution in [2.45, 2.75) is 6.42 Å². The highest BCUT2D eigenvalue weighted by Crippen LogP contribution is 2.97. The summed E-state index contributed by atoms with van der Waals surface area (Å²) in [6.07, 6.45) is -0.571. The molecule has 7 heteroatoms. The molecule has 0 spiro atoms. The van der Waals surface area contributed by atoms with Crippen LogP contribution < -0.4 is 0 Å². The van der Waals surface area contributed by atoms with Crippen molar-refractivity contribution in [3.05, 3.63) is 0 Å². The SMILES string of the molecule is FS(F)(F)(F)(F)CCCBr. The Morgan fingerprint density at radius 3 is 1.50 bits per heavy atom.